The number of rotatable bonds is 7. The van der Waals surface area contributed by atoms with Crippen molar-refractivity contribution in [1.82, 2.24) is 29.2 Å². The summed E-state index contributed by atoms with van der Waals surface area (Å²) in [5, 5.41) is 10.9. The minimum Gasteiger partial charge on any atom is -0.326 e. The van der Waals surface area contributed by atoms with E-state index >= 15 is 0 Å². The zero-order valence-corrected chi connectivity index (χ0v) is 17.5. The monoisotopic (exact) mass is 411 g/mol. The molecule has 0 saturated heterocycles. The molecular weight excluding hydrogens is 386 g/mol. The largest absolute Gasteiger partial charge is 0.332 e. The third-order valence-corrected chi connectivity index (χ3v) is 5.04. The van der Waals surface area contributed by atoms with Gasteiger partial charge in [0.2, 0.25) is 5.91 Å². The molecule has 0 atom stereocenters. The normalized spacial score (nSPS) is 11.2. The number of carbonyl (C=O) groups excluding carboxylic acids is 1. The third kappa shape index (κ3) is 4.28. The van der Waals surface area contributed by atoms with Crippen molar-refractivity contribution in [3.63, 3.8) is 0 Å². The van der Waals surface area contributed by atoms with E-state index in [4.69, 9.17) is 0 Å². The Labute approximate surface area is 173 Å². The number of fused-ring (bicyclic) bond motifs is 1. The molecule has 1 amide bonds. The van der Waals surface area contributed by atoms with Gasteiger partial charge in [-0.2, -0.15) is 0 Å². The first-order chi connectivity index (χ1) is 14.3. The molecule has 30 heavy (non-hydrogen) atoms. The molecule has 3 aromatic rings. The van der Waals surface area contributed by atoms with Crippen molar-refractivity contribution in [3.05, 3.63) is 45.1 Å². The highest BCUT2D eigenvalue weighted by Crippen LogP contribution is 2.18. The SMILES string of the molecule is CCN(CC)CCC(=O)Nc1ccc(-c2nnc3c(n2)c(=O)n(C)c(=O)n3C)cc1. The van der Waals surface area contributed by atoms with Crippen LogP contribution in [0.3, 0.4) is 0 Å². The van der Waals surface area contributed by atoms with Gasteiger partial charge in [0.15, 0.2) is 17.0 Å². The molecule has 2 heterocycles. The lowest BCUT2D eigenvalue weighted by atomic mass is 10.2. The Bertz CT molecular complexity index is 1180. The van der Waals surface area contributed by atoms with Crippen molar-refractivity contribution in [3.8, 4) is 11.4 Å². The highest BCUT2D eigenvalue weighted by molar-refractivity contribution is 5.91. The van der Waals surface area contributed by atoms with E-state index in [9.17, 15) is 14.4 Å². The van der Waals surface area contributed by atoms with Crippen molar-refractivity contribution in [1.29, 1.82) is 0 Å². The fourth-order valence-electron chi connectivity index (χ4n) is 3.10. The van der Waals surface area contributed by atoms with Gasteiger partial charge >= 0.3 is 5.69 Å². The van der Waals surface area contributed by atoms with E-state index in [1.165, 1.54) is 18.7 Å². The fourth-order valence-corrected chi connectivity index (χ4v) is 3.10. The van der Waals surface area contributed by atoms with Gasteiger partial charge in [-0.3, -0.25) is 18.7 Å². The average molecular weight is 411 g/mol. The van der Waals surface area contributed by atoms with Crippen LogP contribution in [-0.4, -0.2) is 54.8 Å². The second-order valence-electron chi connectivity index (χ2n) is 6.92. The molecule has 10 nitrogen and oxygen atoms in total. The Balaban J connectivity index is 1.79. The van der Waals surface area contributed by atoms with Crippen molar-refractivity contribution in [2.24, 2.45) is 14.1 Å². The van der Waals surface area contributed by atoms with Crippen LogP contribution in [0, 0.1) is 0 Å². The smallest absolute Gasteiger partial charge is 0.326 e. The third-order valence-electron chi connectivity index (χ3n) is 5.04. The van der Waals surface area contributed by atoms with Gasteiger partial charge in [0.1, 0.15) is 0 Å². The summed E-state index contributed by atoms with van der Waals surface area (Å²) >= 11 is 0. The molecule has 1 aromatic carbocycles. The van der Waals surface area contributed by atoms with Crippen LogP contribution in [0.2, 0.25) is 0 Å². The maximum absolute atomic E-state index is 12.4. The van der Waals surface area contributed by atoms with Crippen LogP contribution < -0.4 is 16.6 Å². The summed E-state index contributed by atoms with van der Waals surface area (Å²) in [5.74, 6) is 0.209. The van der Waals surface area contributed by atoms with E-state index in [1.807, 2.05) is 0 Å². The van der Waals surface area contributed by atoms with Crippen LogP contribution in [0.25, 0.3) is 22.6 Å². The molecule has 2 aromatic heterocycles. The van der Waals surface area contributed by atoms with Crippen LogP contribution in [-0.2, 0) is 18.9 Å². The minimum atomic E-state index is -0.527. The Morgan fingerprint density at radius 3 is 2.33 bits per heavy atom. The molecule has 0 bridgehead atoms. The standard InChI is InChI=1S/C20H25N7O3/c1-5-27(6-2)12-11-15(28)21-14-9-7-13(8-10-14)17-22-16-18(24-23-17)25(3)20(30)26(4)19(16)29/h7-10H,5-6,11-12H2,1-4H3,(H,21,28). The average Bonchev–Trinajstić information content (AvgIpc) is 2.77. The van der Waals surface area contributed by atoms with Crippen molar-refractivity contribution in [2.75, 3.05) is 25.0 Å². The maximum atomic E-state index is 12.4. The number of hydrogen-bond donors (Lipinski definition) is 1. The van der Waals surface area contributed by atoms with Gasteiger partial charge in [0.25, 0.3) is 5.56 Å². The second-order valence-corrected chi connectivity index (χ2v) is 6.92. The Hall–Kier alpha value is -3.40. The van der Waals surface area contributed by atoms with Gasteiger partial charge in [0, 0.05) is 38.3 Å². The first-order valence-electron chi connectivity index (χ1n) is 9.78. The molecule has 0 aliphatic heterocycles. The first kappa shape index (κ1) is 21.3. The summed E-state index contributed by atoms with van der Waals surface area (Å²) in [5.41, 5.74) is 0.484. The van der Waals surface area contributed by atoms with Crippen LogP contribution in [0.5, 0.6) is 0 Å². The predicted molar refractivity (Wildman–Crippen MR) is 114 cm³/mol. The number of benzene rings is 1. The molecule has 0 spiro atoms. The molecule has 1 N–H and O–H groups in total. The Morgan fingerprint density at radius 2 is 1.70 bits per heavy atom. The van der Waals surface area contributed by atoms with Crippen molar-refractivity contribution in [2.45, 2.75) is 20.3 Å². The molecular formula is C20H25N7O3. The fraction of sp³-hybridized carbons (Fsp3) is 0.400. The summed E-state index contributed by atoms with van der Waals surface area (Å²) in [6.45, 7) is 6.68. The minimum absolute atomic E-state index is 0.0531. The van der Waals surface area contributed by atoms with Crippen LogP contribution >= 0.6 is 0 Å². The van der Waals surface area contributed by atoms with E-state index < -0.39 is 11.2 Å². The molecule has 0 aliphatic rings. The van der Waals surface area contributed by atoms with Crippen molar-refractivity contribution >= 4 is 22.8 Å². The molecule has 3 rings (SSSR count). The zero-order valence-electron chi connectivity index (χ0n) is 17.5. The van der Waals surface area contributed by atoms with E-state index in [0.717, 1.165) is 17.7 Å². The summed E-state index contributed by atoms with van der Waals surface area (Å²) in [6, 6.07) is 6.98. The summed E-state index contributed by atoms with van der Waals surface area (Å²) in [7, 11) is 2.90. The van der Waals surface area contributed by atoms with Gasteiger partial charge < -0.3 is 10.2 Å². The number of aryl methyl sites for hydroxylation is 1. The number of carbonyl (C=O) groups is 1. The Morgan fingerprint density at radius 1 is 1.03 bits per heavy atom. The summed E-state index contributed by atoms with van der Waals surface area (Å²) < 4.78 is 2.22. The zero-order chi connectivity index (χ0) is 21.8. The van der Waals surface area contributed by atoms with Crippen LogP contribution in [0.4, 0.5) is 5.69 Å². The molecule has 0 saturated carbocycles. The van der Waals surface area contributed by atoms with E-state index in [2.05, 4.69) is 39.2 Å². The van der Waals surface area contributed by atoms with Gasteiger partial charge in [-0.05, 0) is 37.4 Å². The van der Waals surface area contributed by atoms with Crippen molar-refractivity contribution < 1.29 is 4.79 Å². The highest BCUT2D eigenvalue weighted by Gasteiger charge is 2.14. The number of anilines is 1. The predicted octanol–water partition coefficient (Wildman–Crippen LogP) is 0.760. The van der Waals surface area contributed by atoms with Crippen LogP contribution in [0.15, 0.2) is 33.9 Å². The van der Waals surface area contributed by atoms with E-state index in [1.54, 1.807) is 24.3 Å². The lowest BCUT2D eigenvalue weighted by molar-refractivity contribution is -0.116. The highest BCUT2D eigenvalue weighted by atomic mass is 16.2. The molecule has 158 valence electrons. The van der Waals surface area contributed by atoms with Gasteiger partial charge in [-0.15, -0.1) is 10.2 Å². The number of nitrogens with zero attached hydrogens (tertiary/aromatic N) is 6. The maximum Gasteiger partial charge on any atom is 0.332 e. The van der Waals surface area contributed by atoms with E-state index in [0.29, 0.717) is 24.2 Å². The Kier molecular flexibility index (Phi) is 6.36. The molecule has 0 fully saturated rings. The molecule has 0 radical (unpaired) electrons. The molecule has 0 aliphatic carbocycles. The first-order valence-corrected chi connectivity index (χ1v) is 9.78. The van der Waals surface area contributed by atoms with Gasteiger partial charge in [-0.1, -0.05) is 13.8 Å². The van der Waals surface area contributed by atoms with Gasteiger partial charge in [0.05, 0.1) is 0 Å². The number of aromatic nitrogens is 5. The quantitative estimate of drug-likeness (QED) is 0.610. The molecule has 0 unspecified atom stereocenters. The summed E-state index contributed by atoms with van der Waals surface area (Å²) in [6.07, 6.45) is 0.420. The lowest BCUT2D eigenvalue weighted by Crippen LogP contribution is -2.38. The molecule has 10 heteroatoms. The topological polar surface area (TPSA) is 115 Å². The lowest BCUT2D eigenvalue weighted by Gasteiger charge is -2.17. The number of amides is 1. The number of hydrogen-bond acceptors (Lipinski definition) is 7. The summed E-state index contributed by atoms with van der Waals surface area (Å²) in [4.78, 5) is 43.0. The second kappa shape index (κ2) is 8.95. The van der Waals surface area contributed by atoms with Gasteiger partial charge in [-0.25, -0.2) is 9.78 Å². The van der Waals surface area contributed by atoms with E-state index in [-0.39, 0.29) is 22.9 Å². The number of nitrogens with one attached hydrogen (secondary N) is 1. The van der Waals surface area contributed by atoms with Crippen LogP contribution in [0.1, 0.15) is 20.3 Å².